The van der Waals surface area contributed by atoms with Crippen molar-refractivity contribution in [3.05, 3.63) is 0 Å². The molecule has 0 heterocycles. The highest BCUT2D eigenvalue weighted by molar-refractivity contribution is 5.21. The first-order chi connectivity index (χ1) is 12.6. The predicted octanol–water partition coefficient (Wildman–Crippen LogP) is 2.41. The third-order valence-electron chi connectivity index (χ3n) is 6.12. The summed E-state index contributed by atoms with van der Waals surface area (Å²) in [5, 5.41) is 37.1. The number of aliphatic hydroxyl groups is 2. The average molecular weight is 377 g/mol. The Labute approximate surface area is 164 Å². The van der Waals surface area contributed by atoms with Gasteiger partial charge in [0.15, 0.2) is 0 Å². The van der Waals surface area contributed by atoms with Crippen LogP contribution in [0.3, 0.4) is 0 Å². The van der Waals surface area contributed by atoms with Gasteiger partial charge in [-0.15, -0.1) is 0 Å². The molecule has 0 aromatic heterocycles. The van der Waals surface area contributed by atoms with Crippen molar-refractivity contribution in [2.75, 3.05) is 13.2 Å². The third-order valence-corrected chi connectivity index (χ3v) is 6.12. The van der Waals surface area contributed by atoms with Gasteiger partial charge >= 0.3 is 0 Å². The highest BCUT2D eigenvalue weighted by atomic mass is 16.3. The van der Waals surface area contributed by atoms with Crippen LogP contribution in [-0.2, 0) is 0 Å². The first-order valence-corrected chi connectivity index (χ1v) is 10.3. The maximum atomic E-state index is 9.88. The number of hydrogen-bond acceptors (Lipinski definition) is 6. The average Bonchev–Trinajstić information content (AvgIpc) is 3.49. The Hall–Kier alpha value is -1.18. The highest BCUT2D eigenvalue weighted by Crippen LogP contribution is 2.46. The highest BCUT2D eigenvalue weighted by Gasteiger charge is 2.54. The number of hydrogen-bond donors (Lipinski definition) is 2. The van der Waals surface area contributed by atoms with Crippen LogP contribution in [0.25, 0.3) is 0 Å². The topological polar surface area (TPSA) is 94.5 Å². The van der Waals surface area contributed by atoms with E-state index in [1.165, 1.54) is 0 Å². The first kappa shape index (κ1) is 22.1. The molecule has 6 heteroatoms. The van der Waals surface area contributed by atoms with E-state index in [2.05, 4.69) is 49.6 Å². The molecule has 0 saturated heterocycles. The zero-order valence-electron chi connectivity index (χ0n) is 17.6. The molecular weight excluding hydrogens is 340 g/mol. The lowest BCUT2D eigenvalue weighted by molar-refractivity contribution is 0.0566. The molecule has 3 aliphatic carbocycles. The molecular formula is C21H36N4O2. The fourth-order valence-electron chi connectivity index (χ4n) is 4.09. The van der Waals surface area contributed by atoms with E-state index in [0.717, 1.165) is 38.5 Å². The van der Waals surface area contributed by atoms with Crippen molar-refractivity contribution in [3.8, 4) is 12.1 Å². The second-order valence-corrected chi connectivity index (χ2v) is 9.27. The summed E-state index contributed by atoms with van der Waals surface area (Å²) in [7, 11) is 0. The van der Waals surface area contributed by atoms with Gasteiger partial charge in [0.2, 0.25) is 0 Å². The second kappa shape index (κ2) is 8.05. The van der Waals surface area contributed by atoms with Crippen LogP contribution in [-0.4, -0.2) is 68.0 Å². The predicted molar refractivity (Wildman–Crippen MR) is 105 cm³/mol. The zero-order chi connectivity index (χ0) is 20.5. The molecule has 3 fully saturated rings. The van der Waals surface area contributed by atoms with Crippen molar-refractivity contribution >= 4 is 0 Å². The van der Waals surface area contributed by atoms with Gasteiger partial charge in [-0.3, -0.25) is 9.80 Å². The van der Waals surface area contributed by atoms with Crippen LogP contribution >= 0.6 is 0 Å². The summed E-state index contributed by atoms with van der Waals surface area (Å²) in [5.74, 6) is 0. The summed E-state index contributed by atoms with van der Waals surface area (Å²) in [6, 6.07) is 5.52. The van der Waals surface area contributed by atoms with Crippen LogP contribution < -0.4 is 0 Å². The fraction of sp³-hybridized carbons (Fsp3) is 0.905. The lowest BCUT2D eigenvalue weighted by atomic mass is 10.1. The normalized spacial score (nSPS) is 24.0. The SMILES string of the molecule is CC(C)N(C(C)CO)C1(C#N)CC1.CC(C)N(CC1(O)CC1)C1(C#N)CC1. The number of nitrogens with zero attached hydrogens (tertiary/aromatic N) is 4. The summed E-state index contributed by atoms with van der Waals surface area (Å²) in [5.41, 5.74) is -0.987. The summed E-state index contributed by atoms with van der Waals surface area (Å²) < 4.78 is 0. The van der Waals surface area contributed by atoms with Crippen molar-refractivity contribution in [3.63, 3.8) is 0 Å². The Balaban J connectivity index is 0.000000194. The molecule has 3 aliphatic rings. The Kier molecular flexibility index (Phi) is 6.59. The smallest absolute Gasteiger partial charge is 0.109 e. The molecule has 0 radical (unpaired) electrons. The van der Waals surface area contributed by atoms with Gasteiger partial charge in [-0.2, -0.15) is 10.5 Å². The number of β-amino-alcohol motifs (C(OH)–C–C–N with tert-alkyl or cyclic N) is 1. The van der Waals surface area contributed by atoms with Gasteiger partial charge in [0.05, 0.1) is 24.3 Å². The number of rotatable bonds is 8. The molecule has 0 spiro atoms. The van der Waals surface area contributed by atoms with E-state index < -0.39 is 5.60 Å². The van der Waals surface area contributed by atoms with Crippen molar-refractivity contribution in [1.82, 2.24) is 9.80 Å². The molecule has 152 valence electrons. The molecule has 1 unspecified atom stereocenters. The van der Waals surface area contributed by atoms with Crippen LogP contribution in [0.15, 0.2) is 0 Å². The van der Waals surface area contributed by atoms with Gasteiger partial charge in [0.1, 0.15) is 11.1 Å². The van der Waals surface area contributed by atoms with Crippen molar-refractivity contribution in [2.24, 2.45) is 0 Å². The Morgan fingerprint density at radius 2 is 1.33 bits per heavy atom. The second-order valence-electron chi connectivity index (χ2n) is 9.27. The summed E-state index contributed by atoms with van der Waals surface area (Å²) in [4.78, 5) is 4.31. The van der Waals surface area contributed by atoms with Crippen LogP contribution in [0.2, 0.25) is 0 Å². The largest absolute Gasteiger partial charge is 0.395 e. The van der Waals surface area contributed by atoms with Crippen LogP contribution in [0.1, 0.15) is 73.1 Å². The molecule has 0 amide bonds. The Morgan fingerprint density at radius 3 is 1.59 bits per heavy atom. The molecule has 2 N–H and O–H groups in total. The van der Waals surface area contributed by atoms with Gasteiger partial charge in [-0.1, -0.05) is 0 Å². The van der Waals surface area contributed by atoms with Gasteiger partial charge < -0.3 is 10.2 Å². The first-order valence-electron chi connectivity index (χ1n) is 10.3. The lowest BCUT2D eigenvalue weighted by Crippen LogP contribution is -2.48. The molecule has 3 rings (SSSR count). The molecule has 0 aliphatic heterocycles. The molecule has 6 nitrogen and oxygen atoms in total. The van der Waals surface area contributed by atoms with Gasteiger partial charge in [-0.05, 0) is 73.1 Å². The summed E-state index contributed by atoms with van der Waals surface area (Å²) in [6.45, 7) is 11.1. The van der Waals surface area contributed by atoms with E-state index in [0.29, 0.717) is 18.6 Å². The number of aliphatic hydroxyl groups excluding tert-OH is 1. The lowest BCUT2D eigenvalue weighted by Gasteiger charge is -2.35. The van der Waals surface area contributed by atoms with Crippen molar-refractivity contribution < 1.29 is 10.2 Å². The Bertz CT molecular complexity index is 592. The van der Waals surface area contributed by atoms with E-state index >= 15 is 0 Å². The summed E-state index contributed by atoms with van der Waals surface area (Å²) >= 11 is 0. The molecule has 0 aromatic rings. The van der Waals surface area contributed by atoms with Crippen LogP contribution in [0, 0.1) is 22.7 Å². The third kappa shape index (κ3) is 5.00. The fourth-order valence-corrected chi connectivity index (χ4v) is 4.09. The quantitative estimate of drug-likeness (QED) is 0.675. The molecule has 0 aromatic carbocycles. The molecule has 27 heavy (non-hydrogen) atoms. The summed E-state index contributed by atoms with van der Waals surface area (Å²) in [6.07, 6.45) is 5.64. The van der Waals surface area contributed by atoms with Gasteiger partial charge in [0, 0.05) is 24.7 Å². The molecule has 1 atom stereocenters. The maximum Gasteiger partial charge on any atom is 0.109 e. The van der Waals surface area contributed by atoms with Gasteiger partial charge in [0.25, 0.3) is 0 Å². The maximum absolute atomic E-state index is 9.88. The van der Waals surface area contributed by atoms with Crippen LogP contribution in [0.5, 0.6) is 0 Å². The van der Waals surface area contributed by atoms with E-state index in [1.807, 2.05) is 6.92 Å². The molecule has 0 bridgehead atoms. The minimum absolute atomic E-state index is 0.0853. The van der Waals surface area contributed by atoms with E-state index in [-0.39, 0.29) is 23.7 Å². The minimum atomic E-state index is -0.475. The number of nitriles is 2. The monoisotopic (exact) mass is 376 g/mol. The van der Waals surface area contributed by atoms with Crippen molar-refractivity contribution in [2.45, 2.75) is 108 Å². The van der Waals surface area contributed by atoms with E-state index in [1.54, 1.807) is 0 Å². The molecule has 3 saturated carbocycles. The van der Waals surface area contributed by atoms with Crippen LogP contribution in [0.4, 0.5) is 0 Å². The minimum Gasteiger partial charge on any atom is -0.395 e. The van der Waals surface area contributed by atoms with E-state index in [9.17, 15) is 5.11 Å². The standard InChI is InChI=1S/C11H18N2O.C10H18N2O/c1-9(2)13(8-11(14)5-6-11)10(7-12)3-4-10;1-8(2)12(9(3)6-13)10(7-11)4-5-10/h9,14H,3-6,8H2,1-2H3;8-9,13H,4-6H2,1-3H3. The van der Waals surface area contributed by atoms with Crippen molar-refractivity contribution in [1.29, 1.82) is 10.5 Å². The Morgan fingerprint density at radius 1 is 0.852 bits per heavy atom. The van der Waals surface area contributed by atoms with Gasteiger partial charge in [-0.25, -0.2) is 0 Å². The zero-order valence-corrected chi connectivity index (χ0v) is 17.6. The van der Waals surface area contributed by atoms with E-state index in [4.69, 9.17) is 15.6 Å².